The Hall–Kier alpha value is -4.84. The van der Waals surface area contributed by atoms with Gasteiger partial charge in [-0.3, -0.25) is 14.4 Å². The van der Waals surface area contributed by atoms with Crippen LogP contribution in [0.5, 0.6) is 0 Å². The molecule has 1 atom stereocenters. The van der Waals surface area contributed by atoms with Crippen molar-refractivity contribution in [3.63, 3.8) is 0 Å². The van der Waals surface area contributed by atoms with Crippen molar-refractivity contribution in [3.05, 3.63) is 124 Å². The normalized spacial score (nSPS) is 12.2. The van der Waals surface area contributed by atoms with Crippen LogP contribution in [0, 0.1) is 0 Å². The fourth-order valence-electron chi connectivity index (χ4n) is 4.18. The molecule has 0 saturated heterocycles. The van der Waals surface area contributed by atoms with Crippen molar-refractivity contribution in [1.82, 2.24) is 10.6 Å². The van der Waals surface area contributed by atoms with Gasteiger partial charge in [0.1, 0.15) is 6.04 Å². The molecule has 1 unspecified atom stereocenters. The van der Waals surface area contributed by atoms with E-state index in [2.05, 4.69) is 10.6 Å². The average molecular weight is 634 g/mol. The summed E-state index contributed by atoms with van der Waals surface area (Å²) in [6.45, 7) is -0.172. The number of halogens is 7. The van der Waals surface area contributed by atoms with Crippen LogP contribution in [-0.4, -0.2) is 23.9 Å². The number of carbonyl (C=O) groups is 3. The molecular weight excluding hydrogens is 612 g/mol. The van der Waals surface area contributed by atoms with Crippen LogP contribution in [0.15, 0.2) is 97.1 Å². The molecular formula is C31H22ClF6N3O3. The van der Waals surface area contributed by atoms with E-state index in [1.54, 1.807) is 29.6 Å². The van der Waals surface area contributed by atoms with Gasteiger partial charge in [-0.05, 0) is 52.6 Å². The molecule has 0 saturated carbocycles. The summed E-state index contributed by atoms with van der Waals surface area (Å²) in [5.41, 5.74) is 0.880. The van der Waals surface area contributed by atoms with E-state index in [1.807, 2.05) is 0 Å². The van der Waals surface area contributed by atoms with Crippen molar-refractivity contribution in [2.75, 3.05) is 5.32 Å². The molecule has 6 nitrogen and oxygen atoms in total. The number of nitrogens with one attached hydrogen (secondary N) is 3. The van der Waals surface area contributed by atoms with E-state index < -0.39 is 41.7 Å². The van der Waals surface area contributed by atoms with E-state index in [-0.39, 0.29) is 28.4 Å². The van der Waals surface area contributed by atoms with Crippen molar-refractivity contribution < 1.29 is 40.7 Å². The van der Waals surface area contributed by atoms with Crippen LogP contribution in [0.4, 0.5) is 32.0 Å². The molecule has 0 spiro atoms. The first-order chi connectivity index (χ1) is 20.7. The van der Waals surface area contributed by atoms with E-state index in [1.165, 1.54) is 60.7 Å². The highest BCUT2D eigenvalue weighted by molar-refractivity contribution is 6.34. The van der Waals surface area contributed by atoms with Gasteiger partial charge in [0, 0.05) is 12.1 Å². The summed E-state index contributed by atoms with van der Waals surface area (Å²) in [5, 5.41) is 6.88. The first-order valence-electron chi connectivity index (χ1n) is 12.8. The zero-order valence-electron chi connectivity index (χ0n) is 22.4. The predicted octanol–water partition coefficient (Wildman–Crippen LogP) is 7.31. The van der Waals surface area contributed by atoms with Gasteiger partial charge < -0.3 is 16.0 Å². The van der Waals surface area contributed by atoms with Gasteiger partial charge in [0.25, 0.3) is 5.91 Å². The Balaban J connectivity index is 1.45. The fraction of sp³-hybridized carbons (Fsp3) is 0.129. The lowest BCUT2D eigenvalue weighted by Gasteiger charge is -2.20. The number of hydrogen-bond donors (Lipinski definition) is 3. The monoisotopic (exact) mass is 633 g/mol. The molecule has 0 bridgehead atoms. The minimum Gasteiger partial charge on any atom is -0.350 e. The molecule has 0 aliphatic carbocycles. The summed E-state index contributed by atoms with van der Waals surface area (Å²) in [6.07, 6.45) is -9.70. The van der Waals surface area contributed by atoms with Crippen LogP contribution in [0.2, 0.25) is 5.02 Å². The molecule has 0 aliphatic heterocycles. The van der Waals surface area contributed by atoms with Gasteiger partial charge >= 0.3 is 18.3 Å². The SMILES string of the molecule is O=C(Nc1ccc(CNC(=O)C(NC(=O)C(F)(F)F)c2ccccc2)cc1Cl)c1ccccc1-c1ccc(C(F)(F)F)cc1. The number of anilines is 1. The number of rotatable bonds is 8. The Labute approximate surface area is 252 Å². The molecule has 228 valence electrons. The number of hydrogen-bond acceptors (Lipinski definition) is 3. The standard InChI is InChI=1S/C31H22ClF6N3O3/c32-24-16-18(17-39-28(43)26(20-6-2-1-3-7-20)41-29(44)31(36,37)38)10-15-25(24)40-27(42)23-9-5-4-8-22(23)19-11-13-21(14-12-19)30(33,34)35/h1-16,26H,17H2,(H,39,43)(H,40,42)(H,41,44). The molecule has 3 N–H and O–H groups in total. The number of alkyl halides is 6. The van der Waals surface area contributed by atoms with Crippen molar-refractivity contribution in [1.29, 1.82) is 0 Å². The fourth-order valence-corrected chi connectivity index (χ4v) is 4.43. The quantitative estimate of drug-likeness (QED) is 0.178. The lowest BCUT2D eigenvalue weighted by atomic mass is 9.98. The second kappa shape index (κ2) is 13.2. The highest BCUT2D eigenvalue weighted by Gasteiger charge is 2.41. The molecule has 3 amide bonds. The predicted molar refractivity (Wildman–Crippen MR) is 152 cm³/mol. The van der Waals surface area contributed by atoms with Crippen molar-refractivity contribution in [2.24, 2.45) is 0 Å². The third kappa shape index (κ3) is 7.95. The smallest absolute Gasteiger partial charge is 0.350 e. The summed E-state index contributed by atoms with van der Waals surface area (Å²) in [6, 6.07) is 20.8. The highest BCUT2D eigenvalue weighted by Crippen LogP contribution is 2.32. The van der Waals surface area contributed by atoms with E-state index in [0.29, 0.717) is 16.7 Å². The van der Waals surface area contributed by atoms with Crippen LogP contribution in [0.1, 0.15) is 33.1 Å². The molecule has 44 heavy (non-hydrogen) atoms. The van der Waals surface area contributed by atoms with Gasteiger partial charge in [0.05, 0.1) is 16.3 Å². The van der Waals surface area contributed by atoms with Gasteiger partial charge in [0.2, 0.25) is 5.91 Å². The Morgan fingerprint density at radius 2 is 1.41 bits per heavy atom. The summed E-state index contributed by atoms with van der Waals surface area (Å²) in [7, 11) is 0. The van der Waals surface area contributed by atoms with Gasteiger partial charge in [-0.15, -0.1) is 0 Å². The van der Waals surface area contributed by atoms with Gasteiger partial charge in [0.15, 0.2) is 0 Å². The second-order valence-electron chi connectivity index (χ2n) is 9.42. The van der Waals surface area contributed by atoms with Crippen LogP contribution in [0.25, 0.3) is 11.1 Å². The summed E-state index contributed by atoms with van der Waals surface area (Å²) >= 11 is 6.35. The van der Waals surface area contributed by atoms with E-state index >= 15 is 0 Å². The molecule has 13 heteroatoms. The Bertz CT molecular complexity index is 1660. The van der Waals surface area contributed by atoms with Crippen molar-refractivity contribution in [3.8, 4) is 11.1 Å². The molecule has 4 aromatic carbocycles. The minimum atomic E-state index is -5.20. The largest absolute Gasteiger partial charge is 0.471 e. The first-order valence-corrected chi connectivity index (χ1v) is 13.2. The molecule has 0 heterocycles. The third-order valence-electron chi connectivity index (χ3n) is 6.37. The van der Waals surface area contributed by atoms with Gasteiger partial charge in [-0.1, -0.05) is 78.3 Å². The van der Waals surface area contributed by atoms with Crippen molar-refractivity contribution >= 4 is 35.0 Å². The van der Waals surface area contributed by atoms with Crippen molar-refractivity contribution in [2.45, 2.75) is 24.9 Å². The zero-order chi connectivity index (χ0) is 32.1. The van der Waals surface area contributed by atoms with Crippen LogP contribution < -0.4 is 16.0 Å². The van der Waals surface area contributed by atoms with Gasteiger partial charge in [-0.25, -0.2) is 0 Å². The molecule has 0 radical (unpaired) electrons. The van der Waals surface area contributed by atoms with E-state index in [9.17, 15) is 40.7 Å². The second-order valence-corrected chi connectivity index (χ2v) is 9.83. The average Bonchev–Trinajstić information content (AvgIpc) is 2.99. The number of amides is 3. The summed E-state index contributed by atoms with van der Waals surface area (Å²) in [4.78, 5) is 37.5. The van der Waals surface area contributed by atoms with E-state index in [4.69, 9.17) is 11.6 Å². The lowest BCUT2D eigenvalue weighted by molar-refractivity contribution is -0.174. The highest BCUT2D eigenvalue weighted by atomic mass is 35.5. The van der Waals surface area contributed by atoms with Crippen LogP contribution in [-0.2, 0) is 22.3 Å². The van der Waals surface area contributed by atoms with Crippen LogP contribution >= 0.6 is 11.6 Å². The Kier molecular flexibility index (Phi) is 9.63. The Morgan fingerprint density at radius 3 is 2.02 bits per heavy atom. The lowest BCUT2D eigenvalue weighted by Crippen LogP contribution is -2.45. The summed E-state index contributed by atoms with van der Waals surface area (Å²) < 4.78 is 77.5. The Morgan fingerprint density at radius 1 is 0.773 bits per heavy atom. The maximum Gasteiger partial charge on any atom is 0.471 e. The minimum absolute atomic E-state index is 0.0714. The topological polar surface area (TPSA) is 87.3 Å². The molecule has 0 aromatic heterocycles. The maximum absolute atomic E-state index is 13.1. The molecule has 4 rings (SSSR count). The molecule has 0 fully saturated rings. The zero-order valence-corrected chi connectivity index (χ0v) is 23.1. The summed E-state index contributed by atoms with van der Waals surface area (Å²) in [5.74, 6) is -3.76. The molecule has 0 aliphatic rings. The van der Waals surface area contributed by atoms with Gasteiger partial charge in [-0.2, -0.15) is 26.3 Å². The van der Waals surface area contributed by atoms with E-state index in [0.717, 1.165) is 12.1 Å². The van der Waals surface area contributed by atoms with Crippen LogP contribution in [0.3, 0.4) is 0 Å². The third-order valence-corrected chi connectivity index (χ3v) is 6.68. The number of benzene rings is 4. The maximum atomic E-state index is 13.1. The first kappa shape index (κ1) is 32.1. The molecule has 4 aromatic rings. The number of carbonyl (C=O) groups excluding carboxylic acids is 3.